The molecule has 0 bridgehead atoms. The van der Waals surface area contributed by atoms with E-state index in [0.29, 0.717) is 21.7 Å². The Labute approximate surface area is 188 Å². The van der Waals surface area contributed by atoms with Crippen LogP contribution in [0.15, 0.2) is 35.1 Å². The highest BCUT2D eigenvalue weighted by Crippen LogP contribution is 2.36. The smallest absolute Gasteiger partial charge is 0.377 e. The maximum Gasteiger partial charge on any atom is 0.377 e. The summed E-state index contributed by atoms with van der Waals surface area (Å²) in [6.07, 6.45) is 5.30. The largest absolute Gasteiger partial charge is 0.493 e. The van der Waals surface area contributed by atoms with Crippen LogP contribution >= 0.6 is 0 Å². The van der Waals surface area contributed by atoms with Crippen molar-refractivity contribution < 1.29 is 18.3 Å². The Morgan fingerprint density at radius 2 is 1.85 bits per heavy atom. The lowest BCUT2D eigenvalue weighted by Crippen LogP contribution is -2.47. The highest BCUT2D eigenvalue weighted by atomic mass is 19.1. The molecule has 1 amide bonds. The van der Waals surface area contributed by atoms with Crippen LogP contribution in [0.2, 0.25) is 0 Å². The quantitative estimate of drug-likeness (QED) is 0.562. The third kappa shape index (κ3) is 3.69. The summed E-state index contributed by atoms with van der Waals surface area (Å²) in [6.45, 7) is 2.50. The first-order valence-corrected chi connectivity index (χ1v) is 11.0. The molecule has 8 nitrogen and oxygen atoms in total. The minimum Gasteiger partial charge on any atom is -0.493 e. The van der Waals surface area contributed by atoms with E-state index in [1.54, 1.807) is 4.90 Å². The van der Waals surface area contributed by atoms with Crippen molar-refractivity contribution in [1.82, 2.24) is 19.8 Å². The standard InChI is InChI=1S/C23H23F2N5O3/c1-14-12-17(13-15-10-11-33-21(14)15)28(16-6-3-2-4-7-16)22(31)30-23(32)29(26-27-30)20-18(24)8-5-9-19(20)25/h5,8-9,12-13,16H,2-4,6-7,10-11H2,1H3. The van der Waals surface area contributed by atoms with Crippen molar-refractivity contribution in [1.29, 1.82) is 0 Å². The Kier molecular flexibility index (Phi) is 5.43. The molecule has 1 saturated carbocycles. The molecule has 1 aliphatic heterocycles. The average Bonchev–Trinajstić information content (AvgIpc) is 3.42. The lowest BCUT2D eigenvalue weighted by atomic mass is 9.93. The first-order valence-electron chi connectivity index (χ1n) is 11.0. The van der Waals surface area contributed by atoms with Crippen LogP contribution in [0, 0.1) is 18.6 Å². The van der Waals surface area contributed by atoms with E-state index >= 15 is 0 Å². The molecule has 2 heterocycles. The maximum atomic E-state index is 14.2. The normalized spacial score (nSPS) is 15.8. The minimum absolute atomic E-state index is 0.131. The summed E-state index contributed by atoms with van der Waals surface area (Å²) < 4.78 is 35.2. The fraction of sp³-hybridized carbons (Fsp3) is 0.391. The number of aromatic nitrogens is 4. The number of hydrogen-bond acceptors (Lipinski definition) is 5. The van der Waals surface area contributed by atoms with Gasteiger partial charge in [-0.1, -0.05) is 25.3 Å². The van der Waals surface area contributed by atoms with Gasteiger partial charge in [0.05, 0.1) is 6.61 Å². The Balaban J connectivity index is 1.59. The van der Waals surface area contributed by atoms with Gasteiger partial charge < -0.3 is 4.74 Å². The molecule has 172 valence electrons. The van der Waals surface area contributed by atoms with Crippen LogP contribution in [0.4, 0.5) is 19.3 Å². The van der Waals surface area contributed by atoms with Crippen LogP contribution in [0.25, 0.3) is 5.69 Å². The van der Waals surface area contributed by atoms with E-state index in [-0.39, 0.29) is 6.04 Å². The van der Waals surface area contributed by atoms with E-state index in [0.717, 1.165) is 67.5 Å². The molecule has 0 spiro atoms. The van der Waals surface area contributed by atoms with Crippen LogP contribution in [0.1, 0.15) is 43.2 Å². The highest BCUT2D eigenvalue weighted by Gasteiger charge is 2.32. The van der Waals surface area contributed by atoms with Gasteiger partial charge in [0, 0.05) is 18.2 Å². The summed E-state index contributed by atoms with van der Waals surface area (Å²) in [4.78, 5) is 28.2. The molecule has 1 aliphatic carbocycles. The number of hydrogen-bond donors (Lipinski definition) is 0. The zero-order chi connectivity index (χ0) is 23.1. The predicted octanol–water partition coefficient (Wildman–Crippen LogP) is 3.76. The molecule has 1 aromatic heterocycles. The fourth-order valence-corrected chi connectivity index (χ4v) is 4.74. The van der Waals surface area contributed by atoms with Crippen LogP contribution in [0.3, 0.4) is 0 Å². The SMILES string of the molecule is Cc1cc(N(C(=O)n2nnn(-c3c(F)cccc3F)c2=O)C2CCCCC2)cc2c1OCC2. The molecule has 33 heavy (non-hydrogen) atoms. The second-order valence-electron chi connectivity index (χ2n) is 8.45. The van der Waals surface area contributed by atoms with Crippen LogP contribution < -0.4 is 15.3 Å². The van der Waals surface area contributed by atoms with Gasteiger partial charge in [-0.15, -0.1) is 4.68 Å². The van der Waals surface area contributed by atoms with Crippen molar-refractivity contribution in [3.8, 4) is 11.4 Å². The number of halogens is 2. The zero-order valence-corrected chi connectivity index (χ0v) is 18.1. The Bertz CT molecular complexity index is 1260. The van der Waals surface area contributed by atoms with Crippen molar-refractivity contribution in [3.05, 3.63) is 63.6 Å². The molecular formula is C23H23F2N5O3. The molecule has 2 aromatic carbocycles. The predicted molar refractivity (Wildman–Crippen MR) is 116 cm³/mol. The van der Waals surface area contributed by atoms with Crippen LogP contribution in [-0.2, 0) is 6.42 Å². The number of fused-ring (bicyclic) bond motifs is 1. The van der Waals surface area contributed by atoms with Crippen LogP contribution in [0.5, 0.6) is 5.75 Å². The number of anilines is 1. The molecule has 1 fully saturated rings. The van der Waals surface area contributed by atoms with Crippen molar-refractivity contribution in [2.75, 3.05) is 11.5 Å². The molecule has 10 heteroatoms. The molecule has 0 saturated heterocycles. The van der Waals surface area contributed by atoms with Gasteiger partial charge in [0.15, 0.2) is 11.6 Å². The second kappa shape index (κ2) is 8.42. The number of tetrazole rings is 1. The monoisotopic (exact) mass is 455 g/mol. The van der Waals surface area contributed by atoms with Crippen molar-refractivity contribution >= 4 is 11.7 Å². The summed E-state index contributed by atoms with van der Waals surface area (Å²) >= 11 is 0. The van der Waals surface area contributed by atoms with Crippen molar-refractivity contribution in [3.63, 3.8) is 0 Å². The number of carbonyl (C=O) groups is 1. The molecule has 5 rings (SSSR count). The number of para-hydroxylation sites is 1. The summed E-state index contributed by atoms with van der Waals surface area (Å²) in [7, 11) is 0. The van der Waals surface area contributed by atoms with Gasteiger partial charge in [0.1, 0.15) is 11.4 Å². The summed E-state index contributed by atoms with van der Waals surface area (Å²) in [5, 5.41) is 7.27. The topological polar surface area (TPSA) is 82.3 Å². The Morgan fingerprint density at radius 3 is 2.58 bits per heavy atom. The molecule has 0 atom stereocenters. The van der Waals surface area contributed by atoms with E-state index in [4.69, 9.17) is 4.74 Å². The van der Waals surface area contributed by atoms with E-state index < -0.39 is 29.0 Å². The van der Waals surface area contributed by atoms with Gasteiger partial charge in [-0.05, 0) is 65.6 Å². The van der Waals surface area contributed by atoms with Crippen molar-refractivity contribution in [2.24, 2.45) is 0 Å². The molecule has 0 N–H and O–H groups in total. The minimum atomic E-state index is -1.04. The van der Waals surface area contributed by atoms with E-state index in [1.807, 2.05) is 19.1 Å². The lowest BCUT2D eigenvalue weighted by molar-refractivity contribution is 0.238. The van der Waals surface area contributed by atoms with Crippen molar-refractivity contribution in [2.45, 2.75) is 51.5 Å². The molecule has 2 aliphatic rings. The van der Waals surface area contributed by atoms with Gasteiger partial charge in [0.2, 0.25) is 0 Å². The fourth-order valence-electron chi connectivity index (χ4n) is 4.74. The van der Waals surface area contributed by atoms with Gasteiger partial charge in [-0.3, -0.25) is 4.90 Å². The first-order chi connectivity index (χ1) is 16.0. The molecule has 0 radical (unpaired) electrons. The van der Waals surface area contributed by atoms with Gasteiger partial charge in [0.25, 0.3) is 0 Å². The summed E-state index contributed by atoms with van der Waals surface area (Å²) in [6, 6.07) is 6.14. The zero-order valence-electron chi connectivity index (χ0n) is 18.1. The van der Waals surface area contributed by atoms with Crippen LogP contribution in [-0.4, -0.2) is 38.5 Å². The maximum absolute atomic E-state index is 14.2. The summed E-state index contributed by atoms with van der Waals surface area (Å²) in [5.41, 5.74) is 0.843. The van der Waals surface area contributed by atoms with Gasteiger partial charge >= 0.3 is 11.7 Å². The summed E-state index contributed by atoms with van der Waals surface area (Å²) in [5.74, 6) is -1.13. The second-order valence-corrected chi connectivity index (χ2v) is 8.45. The highest BCUT2D eigenvalue weighted by molar-refractivity contribution is 5.94. The van der Waals surface area contributed by atoms with E-state index in [1.165, 1.54) is 6.07 Å². The van der Waals surface area contributed by atoms with E-state index in [9.17, 15) is 18.4 Å². The van der Waals surface area contributed by atoms with E-state index in [2.05, 4.69) is 10.4 Å². The number of carbonyl (C=O) groups excluding carboxylic acids is 1. The molecule has 3 aromatic rings. The van der Waals surface area contributed by atoms with Gasteiger partial charge in [-0.2, -0.15) is 4.68 Å². The Morgan fingerprint density at radius 1 is 1.12 bits per heavy atom. The number of benzene rings is 2. The lowest BCUT2D eigenvalue weighted by Gasteiger charge is -2.34. The number of rotatable bonds is 3. The third-order valence-electron chi connectivity index (χ3n) is 6.29. The van der Waals surface area contributed by atoms with Gasteiger partial charge in [-0.25, -0.2) is 18.4 Å². The Hall–Kier alpha value is -3.56. The number of ether oxygens (including phenoxy) is 1. The molecular weight excluding hydrogens is 432 g/mol. The average molecular weight is 455 g/mol. The number of amides is 1. The molecule has 0 unspecified atom stereocenters. The third-order valence-corrected chi connectivity index (χ3v) is 6.29. The first kappa shape index (κ1) is 21.3. The number of aryl methyl sites for hydroxylation is 1. The number of nitrogens with zero attached hydrogens (tertiary/aromatic N) is 5.